The highest BCUT2D eigenvalue weighted by atomic mass is 32.1. The minimum Gasteiger partial charge on any atom is -0.427 e. The number of aliphatic hydroxyl groups excluding tert-OH is 1. The van der Waals surface area contributed by atoms with Crippen molar-refractivity contribution >= 4 is 39.6 Å². The van der Waals surface area contributed by atoms with Crippen LogP contribution in [-0.2, 0) is 35.2 Å². The lowest BCUT2D eigenvalue weighted by molar-refractivity contribution is -0.175. The molecule has 4 atom stereocenters. The molecule has 10 nitrogen and oxygen atoms in total. The summed E-state index contributed by atoms with van der Waals surface area (Å²) < 4.78 is 17.4. The molecule has 34 heavy (non-hydrogen) atoms. The Kier molecular flexibility index (Phi) is 6.30. The van der Waals surface area contributed by atoms with Crippen molar-refractivity contribution in [3.05, 3.63) is 28.8 Å². The summed E-state index contributed by atoms with van der Waals surface area (Å²) in [5.41, 5.74) is 0.807. The molecule has 1 N–H and O–H groups in total. The first kappa shape index (κ1) is 24.4. The van der Waals surface area contributed by atoms with Crippen molar-refractivity contribution in [1.29, 1.82) is 0 Å². The van der Waals surface area contributed by atoms with E-state index in [1.807, 2.05) is 17.5 Å². The topological polar surface area (TPSA) is 120 Å². The van der Waals surface area contributed by atoms with E-state index in [0.717, 1.165) is 15.4 Å². The van der Waals surface area contributed by atoms with Crippen molar-refractivity contribution in [3.63, 3.8) is 0 Å². The standard InChI is InChI=1S/C23H29N3O7S/c1-11-15(14-7-25-9-24-13(8-31-6)20(25)34-14)18(26-17(11)16(12(2)27)19(26)28)21(29)32-10-33-22(30)23(3,4)5/h7,9,11-12,16-17,27H,8,10H2,1-6H3/t11-,12+,16+,17+/m0/s1. The van der Waals surface area contributed by atoms with E-state index in [0.29, 0.717) is 12.2 Å². The number of esters is 2. The van der Waals surface area contributed by atoms with Gasteiger partial charge in [-0.25, -0.2) is 9.78 Å². The number of hydrogen-bond acceptors (Lipinski definition) is 9. The van der Waals surface area contributed by atoms with Crippen LogP contribution in [0.15, 0.2) is 18.2 Å². The molecule has 0 radical (unpaired) electrons. The van der Waals surface area contributed by atoms with Crippen LogP contribution in [0.1, 0.15) is 45.2 Å². The zero-order valence-corrected chi connectivity index (χ0v) is 20.8. The van der Waals surface area contributed by atoms with Crippen LogP contribution in [0.2, 0.25) is 0 Å². The molecule has 0 bridgehead atoms. The number of fused-ring (bicyclic) bond motifs is 2. The molecule has 0 aliphatic carbocycles. The molecule has 0 aromatic carbocycles. The Hall–Kier alpha value is -2.76. The van der Waals surface area contributed by atoms with Gasteiger partial charge in [-0.05, 0) is 27.7 Å². The molecular formula is C23H29N3O7S. The van der Waals surface area contributed by atoms with E-state index in [4.69, 9.17) is 14.2 Å². The molecule has 4 heterocycles. The molecule has 2 aliphatic heterocycles. The first-order valence-corrected chi connectivity index (χ1v) is 11.8. The Morgan fingerprint density at radius 3 is 2.62 bits per heavy atom. The number of imidazole rings is 1. The fourth-order valence-corrected chi connectivity index (χ4v) is 5.72. The summed E-state index contributed by atoms with van der Waals surface area (Å²) in [6.07, 6.45) is 2.68. The molecule has 2 aromatic heterocycles. The maximum Gasteiger partial charge on any atom is 0.358 e. The Morgan fingerprint density at radius 2 is 2.00 bits per heavy atom. The number of rotatable bonds is 7. The van der Waals surface area contributed by atoms with Crippen LogP contribution >= 0.6 is 11.3 Å². The number of thiazole rings is 1. The minimum absolute atomic E-state index is 0.122. The SMILES string of the molecule is COCc1ncn2cc(C3=C(C(=O)OCOC(=O)C(C)(C)C)N4C(=O)[C@H]([C@@H](C)O)[C@H]4[C@H]3C)sc12. The minimum atomic E-state index is -0.850. The maximum absolute atomic E-state index is 13.2. The van der Waals surface area contributed by atoms with Gasteiger partial charge in [-0.1, -0.05) is 6.92 Å². The molecule has 2 aromatic rings. The van der Waals surface area contributed by atoms with Gasteiger partial charge in [0.1, 0.15) is 22.5 Å². The zero-order chi connectivity index (χ0) is 24.9. The van der Waals surface area contributed by atoms with Crippen molar-refractivity contribution in [1.82, 2.24) is 14.3 Å². The molecule has 184 valence electrons. The van der Waals surface area contributed by atoms with Gasteiger partial charge < -0.3 is 24.2 Å². The lowest BCUT2D eigenvalue weighted by Crippen LogP contribution is -2.63. The zero-order valence-electron chi connectivity index (χ0n) is 20.0. The Morgan fingerprint density at radius 1 is 1.29 bits per heavy atom. The van der Waals surface area contributed by atoms with Gasteiger partial charge in [-0.2, -0.15) is 0 Å². The van der Waals surface area contributed by atoms with Gasteiger partial charge in [-0.3, -0.25) is 14.0 Å². The summed E-state index contributed by atoms with van der Waals surface area (Å²) in [5.74, 6) is -2.42. The van der Waals surface area contributed by atoms with Gasteiger partial charge in [0.25, 0.3) is 0 Å². The third kappa shape index (κ3) is 3.91. The molecular weight excluding hydrogens is 462 g/mol. The average Bonchev–Trinajstić information content (AvgIpc) is 3.38. The summed E-state index contributed by atoms with van der Waals surface area (Å²) in [7, 11) is 1.59. The molecule has 0 spiro atoms. The van der Waals surface area contributed by atoms with Crippen LogP contribution in [-0.4, -0.2) is 63.3 Å². The third-order valence-corrected chi connectivity index (χ3v) is 7.37. The molecule has 11 heteroatoms. The maximum atomic E-state index is 13.2. The number of nitrogens with zero attached hydrogens (tertiary/aromatic N) is 3. The predicted molar refractivity (Wildman–Crippen MR) is 122 cm³/mol. The summed E-state index contributed by atoms with van der Waals surface area (Å²) in [6.45, 7) is 8.38. The summed E-state index contributed by atoms with van der Waals surface area (Å²) in [6, 6.07) is -0.361. The van der Waals surface area contributed by atoms with Crippen molar-refractivity contribution in [2.75, 3.05) is 13.9 Å². The fraction of sp³-hybridized carbons (Fsp3) is 0.565. The Balaban J connectivity index is 1.69. The summed E-state index contributed by atoms with van der Waals surface area (Å²) >= 11 is 1.44. The normalized spacial score (nSPS) is 23.2. The van der Waals surface area contributed by atoms with Crippen LogP contribution in [0.25, 0.3) is 10.4 Å². The van der Waals surface area contributed by atoms with Crippen molar-refractivity contribution in [2.24, 2.45) is 17.3 Å². The molecule has 1 amide bonds. The second kappa shape index (κ2) is 8.79. The van der Waals surface area contributed by atoms with Gasteiger partial charge >= 0.3 is 11.9 Å². The highest BCUT2D eigenvalue weighted by molar-refractivity contribution is 7.18. The third-order valence-electron chi connectivity index (χ3n) is 6.19. The lowest BCUT2D eigenvalue weighted by Gasteiger charge is -2.46. The van der Waals surface area contributed by atoms with Crippen molar-refractivity contribution in [3.8, 4) is 0 Å². The smallest absolute Gasteiger partial charge is 0.358 e. The molecule has 1 fully saturated rings. The van der Waals surface area contributed by atoms with E-state index in [1.54, 1.807) is 41.1 Å². The highest BCUT2D eigenvalue weighted by Gasteiger charge is 2.60. The van der Waals surface area contributed by atoms with Crippen LogP contribution in [0.5, 0.6) is 0 Å². The van der Waals surface area contributed by atoms with E-state index in [9.17, 15) is 19.5 Å². The largest absolute Gasteiger partial charge is 0.427 e. The lowest BCUT2D eigenvalue weighted by atomic mass is 9.77. The van der Waals surface area contributed by atoms with Gasteiger partial charge in [0, 0.05) is 24.8 Å². The van der Waals surface area contributed by atoms with Crippen LogP contribution < -0.4 is 0 Å². The molecule has 2 aliphatic rings. The number of β-lactam (4-membered cyclic amide) rings is 1. The Labute approximate surface area is 201 Å². The average molecular weight is 492 g/mol. The second-order valence-corrected chi connectivity index (χ2v) is 10.7. The Bertz CT molecular complexity index is 1170. The predicted octanol–water partition coefficient (Wildman–Crippen LogP) is 2.20. The van der Waals surface area contributed by atoms with Gasteiger partial charge in [0.2, 0.25) is 12.7 Å². The highest BCUT2D eigenvalue weighted by Crippen LogP contribution is 2.51. The van der Waals surface area contributed by atoms with Crippen LogP contribution in [0, 0.1) is 17.3 Å². The molecule has 4 rings (SSSR count). The number of carbonyl (C=O) groups is 3. The number of hydrogen-bond donors (Lipinski definition) is 1. The first-order valence-electron chi connectivity index (χ1n) is 11.0. The van der Waals surface area contributed by atoms with Crippen molar-refractivity contribution in [2.45, 2.75) is 53.4 Å². The molecule has 0 saturated carbocycles. The van der Waals surface area contributed by atoms with E-state index in [2.05, 4.69) is 4.98 Å². The number of methoxy groups -OCH3 is 1. The monoisotopic (exact) mass is 491 g/mol. The van der Waals surface area contributed by atoms with Crippen LogP contribution in [0.4, 0.5) is 0 Å². The number of ether oxygens (including phenoxy) is 3. The molecule has 0 unspecified atom stereocenters. The molecule has 1 saturated heterocycles. The second-order valence-electron chi connectivity index (χ2n) is 9.68. The van der Waals surface area contributed by atoms with E-state index < -0.39 is 36.2 Å². The van der Waals surface area contributed by atoms with Crippen LogP contribution in [0.3, 0.4) is 0 Å². The van der Waals surface area contributed by atoms with Gasteiger partial charge in [0.15, 0.2) is 0 Å². The summed E-state index contributed by atoms with van der Waals surface area (Å²) in [4.78, 5) is 45.5. The van der Waals surface area contributed by atoms with E-state index in [1.165, 1.54) is 16.2 Å². The summed E-state index contributed by atoms with van der Waals surface area (Å²) in [5, 5.41) is 10.2. The number of aliphatic hydroxyl groups is 1. The van der Waals surface area contributed by atoms with Crippen molar-refractivity contribution < 1.29 is 33.7 Å². The quantitative estimate of drug-likeness (QED) is 0.356. The number of carbonyl (C=O) groups excluding carboxylic acids is 3. The van der Waals surface area contributed by atoms with Gasteiger partial charge in [-0.15, -0.1) is 11.3 Å². The van der Waals surface area contributed by atoms with E-state index in [-0.39, 0.29) is 23.6 Å². The fourth-order valence-electron chi connectivity index (χ4n) is 4.51. The number of amides is 1. The van der Waals surface area contributed by atoms with Gasteiger partial charge in [0.05, 0.1) is 35.0 Å². The first-order chi connectivity index (χ1) is 16.0. The number of aromatic nitrogens is 2. The van der Waals surface area contributed by atoms with E-state index >= 15 is 0 Å².